The highest BCUT2D eigenvalue weighted by Crippen LogP contribution is 2.34. The number of hydrogen-bond donors (Lipinski definition) is 0. The molecule has 0 aliphatic rings. The van der Waals surface area contributed by atoms with Crippen molar-refractivity contribution < 1.29 is 14.4 Å². The zero-order chi connectivity index (χ0) is 28.1. The average molecular weight is 525 g/mol. The summed E-state index contributed by atoms with van der Waals surface area (Å²) in [7, 11) is 0. The van der Waals surface area contributed by atoms with Crippen LogP contribution in [0.5, 0.6) is 11.5 Å². The molecule has 9 nitrogen and oxygen atoms in total. The summed E-state index contributed by atoms with van der Waals surface area (Å²) in [5.74, 6) is 3.63. The normalized spacial score (nSPS) is 11.2. The molecule has 0 saturated heterocycles. The van der Waals surface area contributed by atoms with Gasteiger partial charge in [-0.15, -0.1) is 6.42 Å². The van der Waals surface area contributed by atoms with Gasteiger partial charge in [0, 0.05) is 17.2 Å². The molecule has 0 aliphatic heterocycles. The second-order valence-corrected chi connectivity index (χ2v) is 9.08. The van der Waals surface area contributed by atoms with E-state index in [1.165, 1.54) is 23.0 Å². The molecule has 0 saturated carbocycles. The van der Waals surface area contributed by atoms with Crippen molar-refractivity contribution in [2.24, 2.45) is 5.10 Å². The molecule has 0 bridgehead atoms. The summed E-state index contributed by atoms with van der Waals surface area (Å²) in [5.41, 5.74) is 2.87. The summed E-state index contributed by atoms with van der Waals surface area (Å²) < 4.78 is 12.4. The summed E-state index contributed by atoms with van der Waals surface area (Å²) in [4.78, 5) is 29.5. The van der Waals surface area contributed by atoms with Crippen LogP contribution in [-0.4, -0.2) is 34.0 Å². The minimum Gasteiger partial charge on any atom is -0.494 e. The summed E-state index contributed by atoms with van der Waals surface area (Å²) in [6.45, 7) is 8.42. The lowest BCUT2D eigenvalue weighted by molar-refractivity contribution is -0.385. The number of benzene rings is 3. The van der Waals surface area contributed by atoms with Crippen LogP contribution in [0, 0.1) is 29.4 Å². The van der Waals surface area contributed by atoms with Gasteiger partial charge in [0.2, 0.25) is 0 Å². The Kier molecular flexibility index (Phi) is 8.06. The Morgan fingerprint density at radius 2 is 1.92 bits per heavy atom. The van der Waals surface area contributed by atoms with E-state index >= 15 is 0 Å². The molecule has 0 atom stereocenters. The predicted molar refractivity (Wildman–Crippen MR) is 152 cm³/mol. The van der Waals surface area contributed by atoms with Crippen LogP contribution in [0.15, 0.2) is 64.5 Å². The molecule has 0 fully saturated rings. The number of hydrogen-bond acceptors (Lipinski definition) is 7. The number of nitrogens with zero attached hydrogens (tertiary/aromatic N) is 4. The lowest BCUT2D eigenvalue weighted by Gasteiger charge is -2.18. The van der Waals surface area contributed by atoms with Crippen LogP contribution < -0.4 is 15.0 Å². The Bertz CT molecular complexity index is 1680. The van der Waals surface area contributed by atoms with E-state index < -0.39 is 4.92 Å². The highest BCUT2D eigenvalue weighted by molar-refractivity contribution is 5.83. The Morgan fingerprint density at radius 1 is 1.15 bits per heavy atom. The van der Waals surface area contributed by atoms with Gasteiger partial charge < -0.3 is 9.47 Å². The molecule has 1 heterocycles. The number of terminal acetylenes is 1. The van der Waals surface area contributed by atoms with Gasteiger partial charge in [-0.25, -0.2) is 4.98 Å². The maximum atomic E-state index is 13.6. The highest BCUT2D eigenvalue weighted by atomic mass is 16.6. The molecule has 0 radical (unpaired) electrons. The second kappa shape index (κ2) is 11.6. The number of ether oxygens (including phenoxy) is 2. The number of nitro groups is 1. The lowest BCUT2D eigenvalue weighted by Crippen LogP contribution is -2.21. The van der Waals surface area contributed by atoms with Crippen LogP contribution in [0.4, 0.5) is 5.69 Å². The molecule has 9 heteroatoms. The smallest absolute Gasteiger partial charge is 0.311 e. The lowest BCUT2D eigenvalue weighted by atomic mass is 9.96. The minimum atomic E-state index is -0.560. The highest BCUT2D eigenvalue weighted by Gasteiger charge is 2.19. The summed E-state index contributed by atoms with van der Waals surface area (Å²) in [6, 6.07) is 15.3. The maximum Gasteiger partial charge on any atom is 0.311 e. The topological polar surface area (TPSA) is 109 Å². The molecule has 1 aromatic heterocycles. The Hall–Kier alpha value is -4.97. The first-order valence-electron chi connectivity index (χ1n) is 12.4. The van der Waals surface area contributed by atoms with Gasteiger partial charge in [-0.1, -0.05) is 31.9 Å². The van der Waals surface area contributed by atoms with Gasteiger partial charge in [0.1, 0.15) is 12.4 Å². The van der Waals surface area contributed by atoms with E-state index in [1.54, 1.807) is 24.3 Å². The third-order valence-electron chi connectivity index (χ3n) is 6.09. The predicted octanol–water partition coefficient (Wildman–Crippen LogP) is 5.70. The Labute approximate surface area is 225 Å². The number of fused-ring (bicyclic) bond motifs is 1. The van der Waals surface area contributed by atoms with E-state index in [9.17, 15) is 14.9 Å². The van der Waals surface area contributed by atoms with Crippen molar-refractivity contribution in [3.8, 4) is 35.2 Å². The molecule has 0 aliphatic carbocycles. The Balaban J connectivity index is 1.91. The molecular formula is C30H28N4O5. The van der Waals surface area contributed by atoms with E-state index in [-0.39, 0.29) is 29.5 Å². The number of rotatable bonds is 9. The van der Waals surface area contributed by atoms with Gasteiger partial charge >= 0.3 is 5.69 Å². The minimum absolute atomic E-state index is 0.0477. The van der Waals surface area contributed by atoms with E-state index in [1.807, 2.05) is 32.0 Å². The fourth-order valence-electron chi connectivity index (χ4n) is 4.20. The number of para-hydroxylation sites is 1. The van der Waals surface area contributed by atoms with Crippen LogP contribution >= 0.6 is 0 Å². The summed E-state index contributed by atoms with van der Waals surface area (Å²) in [6.07, 6.45) is 6.59. The average Bonchev–Trinajstić information content (AvgIpc) is 2.91. The van der Waals surface area contributed by atoms with Crippen molar-refractivity contribution in [1.29, 1.82) is 0 Å². The van der Waals surface area contributed by atoms with Crippen molar-refractivity contribution in [2.45, 2.75) is 33.6 Å². The number of aromatic nitrogens is 2. The van der Waals surface area contributed by atoms with Gasteiger partial charge in [0.25, 0.3) is 5.56 Å². The molecule has 39 heavy (non-hydrogen) atoms. The third-order valence-corrected chi connectivity index (χ3v) is 6.09. The van der Waals surface area contributed by atoms with Crippen molar-refractivity contribution >= 4 is 22.8 Å². The molecule has 3 aromatic carbocycles. The van der Waals surface area contributed by atoms with Gasteiger partial charge in [0.15, 0.2) is 11.6 Å². The van der Waals surface area contributed by atoms with Gasteiger partial charge in [0.05, 0.1) is 28.6 Å². The van der Waals surface area contributed by atoms with E-state index in [0.29, 0.717) is 28.9 Å². The molecule has 4 rings (SSSR count). The fourth-order valence-corrected chi connectivity index (χ4v) is 4.20. The quantitative estimate of drug-likeness (QED) is 0.120. The van der Waals surface area contributed by atoms with E-state index in [4.69, 9.17) is 20.9 Å². The third kappa shape index (κ3) is 5.65. The van der Waals surface area contributed by atoms with Crippen molar-refractivity contribution in [1.82, 2.24) is 9.66 Å². The first-order valence-corrected chi connectivity index (χ1v) is 12.4. The van der Waals surface area contributed by atoms with Gasteiger partial charge in [-0.2, -0.15) is 9.78 Å². The second-order valence-electron chi connectivity index (χ2n) is 9.08. The number of nitro benzene ring substituents is 1. The molecular weight excluding hydrogens is 496 g/mol. The first kappa shape index (κ1) is 27.1. The van der Waals surface area contributed by atoms with Crippen LogP contribution in [0.1, 0.15) is 43.4 Å². The summed E-state index contributed by atoms with van der Waals surface area (Å²) >= 11 is 0. The standard InChI is InChI=1S/C30H28N4O5/c1-6-14-39-27-13-12-21(16-26(27)34(36)37)18-31-33-29(32-25-11-9-8-10-22(25)30(33)35)24-17-23(19(3)4)28(38-7-2)15-20(24)5/h1,8-13,15-19H,7,14H2,2-5H3. The molecule has 0 spiro atoms. The molecule has 0 N–H and O–H groups in total. The monoisotopic (exact) mass is 524 g/mol. The van der Waals surface area contributed by atoms with E-state index in [0.717, 1.165) is 22.4 Å². The van der Waals surface area contributed by atoms with Crippen molar-refractivity contribution in [3.63, 3.8) is 0 Å². The zero-order valence-electron chi connectivity index (χ0n) is 22.2. The van der Waals surface area contributed by atoms with E-state index in [2.05, 4.69) is 24.9 Å². The number of aryl methyl sites for hydroxylation is 1. The molecule has 4 aromatic rings. The van der Waals surface area contributed by atoms with Crippen LogP contribution in [0.3, 0.4) is 0 Å². The maximum absolute atomic E-state index is 13.6. The van der Waals surface area contributed by atoms with Crippen molar-refractivity contribution in [3.05, 3.63) is 91.8 Å². The first-order chi connectivity index (χ1) is 18.7. The van der Waals surface area contributed by atoms with Crippen molar-refractivity contribution in [2.75, 3.05) is 13.2 Å². The van der Waals surface area contributed by atoms with Gasteiger partial charge in [-0.3, -0.25) is 14.9 Å². The summed E-state index contributed by atoms with van der Waals surface area (Å²) in [5, 5.41) is 16.5. The SMILES string of the molecule is C#CCOc1ccc(C=Nn2c(-c3cc(C(C)C)c(OCC)cc3C)nc3ccccc3c2=O)cc1[N+](=O)[O-]. The fraction of sp³-hybridized carbons (Fsp3) is 0.233. The largest absolute Gasteiger partial charge is 0.494 e. The zero-order valence-corrected chi connectivity index (χ0v) is 22.2. The molecule has 198 valence electrons. The Morgan fingerprint density at radius 3 is 2.62 bits per heavy atom. The van der Waals surface area contributed by atoms with Crippen LogP contribution in [0.2, 0.25) is 0 Å². The molecule has 0 amide bonds. The van der Waals surface area contributed by atoms with Crippen LogP contribution in [-0.2, 0) is 0 Å². The van der Waals surface area contributed by atoms with Crippen LogP contribution in [0.25, 0.3) is 22.3 Å². The molecule has 0 unspecified atom stereocenters. The van der Waals surface area contributed by atoms with Gasteiger partial charge in [-0.05, 0) is 67.3 Å².